The summed E-state index contributed by atoms with van der Waals surface area (Å²) in [4.78, 5) is 14.7. The maximum absolute atomic E-state index is 12.7. The predicted octanol–water partition coefficient (Wildman–Crippen LogP) is 2.45. The summed E-state index contributed by atoms with van der Waals surface area (Å²) in [5.41, 5.74) is 1.48. The Kier molecular flexibility index (Phi) is 5.53. The normalized spacial score (nSPS) is 14.4. The number of aryl methyl sites for hydroxylation is 1. The van der Waals surface area contributed by atoms with Crippen LogP contribution in [0, 0.1) is 0 Å². The van der Waals surface area contributed by atoms with Gasteiger partial charge in [-0.25, -0.2) is 0 Å². The van der Waals surface area contributed by atoms with Gasteiger partial charge in [-0.05, 0) is 44.4 Å². The average molecular weight is 343 g/mol. The smallest absolute Gasteiger partial charge is 0.253 e. The zero-order valence-corrected chi connectivity index (χ0v) is 14.9. The summed E-state index contributed by atoms with van der Waals surface area (Å²) in [6.07, 6.45) is 5.04. The van der Waals surface area contributed by atoms with Gasteiger partial charge in [0.25, 0.3) is 5.91 Å². The van der Waals surface area contributed by atoms with Crippen molar-refractivity contribution >= 4 is 11.6 Å². The summed E-state index contributed by atoms with van der Waals surface area (Å²) in [5.74, 6) is 1.64. The van der Waals surface area contributed by atoms with Crippen molar-refractivity contribution in [3.8, 4) is 5.75 Å². The third kappa shape index (κ3) is 4.10. The molecule has 1 N–H and O–H groups in total. The Morgan fingerprint density at radius 2 is 2.08 bits per heavy atom. The van der Waals surface area contributed by atoms with Gasteiger partial charge in [-0.15, -0.1) is 10.2 Å². The van der Waals surface area contributed by atoms with Crippen molar-refractivity contribution in [3.05, 3.63) is 35.9 Å². The third-order valence-corrected chi connectivity index (χ3v) is 4.41. The molecule has 134 valence electrons. The topological polar surface area (TPSA) is 72.3 Å². The SMILES string of the molecule is CCOc1ccc(C(=O)N2CCCCC2)cc1NCc1nncn1C. The summed E-state index contributed by atoms with van der Waals surface area (Å²) in [7, 11) is 1.90. The van der Waals surface area contributed by atoms with Crippen molar-refractivity contribution in [2.75, 3.05) is 25.0 Å². The van der Waals surface area contributed by atoms with E-state index in [2.05, 4.69) is 15.5 Å². The zero-order chi connectivity index (χ0) is 17.6. The van der Waals surface area contributed by atoms with E-state index in [0.29, 0.717) is 18.7 Å². The molecule has 7 nitrogen and oxygen atoms in total. The Morgan fingerprint density at radius 1 is 1.28 bits per heavy atom. The molecule has 0 spiro atoms. The van der Waals surface area contributed by atoms with Crippen LogP contribution in [-0.4, -0.2) is 45.3 Å². The molecule has 0 saturated carbocycles. The Labute approximate surface area is 148 Å². The van der Waals surface area contributed by atoms with Gasteiger partial charge in [-0.2, -0.15) is 0 Å². The first kappa shape index (κ1) is 17.3. The molecule has 1 aromatic carbocycles. The molecular formula is C18H25N5O2. The van der Waals surface area contributed by atoms with Crippen molar-refractivity contribution < 1.29 is 9.53 Å². The molecular weight excluding hydrogens is 318 g/mol. The van der Waals surface area contributed by atoms with Crippen LogP contribution in [0.15, 0.2) is 24.5 Å². The van der Waals surface area contributed by atoms with Crippen LogP contribution in [0.5, 0.6) is 5.75 Å². The number of carbonyl (C=O) groups excluding carboxylic acids is 1. The van der Waals surface area contributed by atoms with Gasteiger partial charge in [-0.1, -0.05) is 0 Å². The van der Waals surface area contributed by atoms with Crippen LogP contribution in [-0.2, 0) is 13.6 Å². The molecule has 1 amide bonds. The van der Waals surface area contributed by atoms with E-state index in [4.69, 9.17) is 4.74 Å². The van der Waals surface area contributed by atoms with E-state index in [-0.39, 0.29) is 5.91 Å². The number of anilines is 1. The largest absolute Gasteiger partial charge is 0.492 e. The van der Waals surface area contributed by atoms with E-state index in [0.717, 1.165) is 43.2 Å². The number of ether oxygens (including phenoxy) is 1. The summed E-state index contributed by atoms with van der Waals surface area (Å²) < 4.78 is 7.54. The first-order valence-electron chi connectivity index (χ1n) is 8.82. The molecule has 0 aliphatic carbocycles. The molecule has 25 heavy (non-hydrogen) atoms. The van der Waals surface area contributed by atoms with Crippen molar-refractivity contribution in [1.82, 2.24) is 19.7 Å². The molecule has 0 radical (unpaired) electrons. The van der Waals surface area contributed by atoms with E-state index < -0.39 is 0 Å². The number of nitrogens with zero attached hydrogens (tertiary/aromatic N) is 4. The fourth-order valence-corrected chi connectivity index (χ4v) is 3.00. The molecule has 0 atom stereocenters. The van der Waals surface area contributed by atoms with Crippen LogP contribution < -0.4 is 10.1 Å². The molecule has 0 unspecified atom stereocenters. The van der Waals surface area contributed by atoms with Gasteiger partial charge in [-0.3, -0.25) is 4.79 Å². The van der Waals surface area contributed by atoms with Crippen LogP contribution in [0.3, 0.4) is 0 Å². The molecule has 2 heterocycles. The highest BCUT2D eigenvalue weighted by atomic mass is 16.5. The monoisotopic (exact) mass is 343 g/mol. The lowest BCUT2D eigenvalue weighted by Gasteiger charge is -2.27. The molecule has 7 heteroatoms. The summed E-state index contributed by atoms with van der Waals surface area (Å²) in [5, 5.41) is 11.3. The van der Waals surface area contributed by atoms with Crippen LogP contribution in [0.2, 0.25) is 0 Å². The van der Waals surface area contributed by atoms with Crippen molar-refractivity contribution in [3.63, 3.8) is 0 Å². The highest BCUT2D eigenvalue weighted by Gasteiger charge is 2.19. The van der Waals surface area contributed by atoms with Crippen LogP contribution in [0.1, 0.15) is 42.4 Å². The molecule has 3 rings (SSSR count). The van der Waals surface area contributed by atoms with Crippen molar-refractivity contribution in [1.29, 1.82) is 0 Å². The number of carbonyl (C=O) groups is 1. The first-order chi connectivity index (χ1) is 12.2. The minimum atomic E-state index is 0.0875. The summed E-state index contributed by atoms with van der Waals surface area (Å²) >= 11 is 0. The Hall–Kier alpha value is -2.57. The van der Waals surface area contributed by atoms with Crippen LogP contribution in [0.4, 0.5) is 5.69 Å². The number of piperidine rings is 1. The number of rotatable bonds is 6. The lowest BCUT2D eigenvalue weighted by atomic mass is 10.1. The van der Waals surface area contributed by atoms with Gasteiger partial charge in [0.2, 0.25) is 0 Å². The molecule has 1 aliphatic rings. The number of benzene rings is 1. The van der Waals surface area contributed by atoms with Crippen molar-refractivity contribution in [2.45, 2.75) is 32.7 Å². The van der Waals surface area contributed by atoms with Gasteiger partial charge in [0.05, 0.1) is 18.8 Å². The predicted molar refractivity (Wildman–Crippen MR) is 95.7 cm³/mol. The Morgan fingerprint density at radius 3 is 2.76 bits per heavy atom. The number of nitrogens with one attached hydrogen (secondary N) is 1. The number of likely N-dealkylation sites (tertiary alicyclic amines) is 1. The molecule has 1 saturated heterocycles. The molecule has 0 bridgehead atoms. The second kappa shape index (κ2) is 8.00. The maximum atomic E-state index is 12.7. The maximum Gasteiger partial charge on any atom is 0.253 e. The van der Waals surface area contributed by atoms with Crippen LogP contribution >= 0.6 is 0 Å². The summed E-state index contributed by atoms with van der Waals surface area (Å²) in [6, 6.07) is 5.58. The minimum absolute atomic E-state index is 0.0875. The van der Waals surface area contributed by atoms with E-state index in [1.54, 1.807) is 6.33 Å². The minimum Gasteiger partial charge on any atom is -0.492 e. The highest BCUT2D eigenvalue weighted by molar-refractivity contribution is 5.95. The number of amides is 1. The number of hydrogen-bond acceptors (Lipinski definition) is 5. The van der Waals surface area contributed by atoms with E-state index in [1.807, 2.05) is 41.6 Å². The van der Waals surface area contributed by atoms with Gasteiger partial charge in [0.1, 0.15) is 12.1 Å². The second-order valence-electron chi connectivity index (χ2n) is 6.21. The first-order valence-corrected chi connectivity index (χ1v) is 8.82. The lowest BCUT2D eigenvalue weighted by molar-refractivity contribution is 0.0724. The second-order valence-corrected chi connectivity index (χ2v) is 6.21. The lowest BCUT2D eigenvalue weighted by Crippen LogP contribution is -2.35. The molecule has 2 aromatic rings. The number of aromatic nitrogens is 3. The fourth-order valence-electron chi connectivity index (χ4n) is 3.00. The summed E-state index contributed by atoms with van der Waals surface area (Å²) in [6.45, 7) is 4.71. The Balaban J connectivity index is 1.78. The Bertz CT molecular complexity index is 722. The van der Waals surface area contributed by atoms with E-state index in [9.17, 15) is 4.79 Å². The fraction of sp³-hybridized carbons (Fsp3) is 0.500. The van der Waals surface area contributed by atoms with Crippen molar-refractivity contribution in [2.24, 2.45) is 7.05 Å². The highest BCUT2D eigenvalue weighted by Crippen LogP contribution is 2.27. The van der Waals surface area contributed by atoms with Crippen LogP contribution in [0.25, 0.3) is 0 Å². The zero-order valence-electron chi connectivity index (χ0n) is 14.9. The van der Waals surface area contributed by atoms with Gasteiger partial charge >= 0.3 is 0 Å². The van der Waals surface area contributed by atoms with E-state index >= 15 is 0 Å². The number of hydrogen-bond donors (Lipinski definition) is 1. The van der Waals surface area contributed by atoms with Gasteiger partial charge in [0.15, 0.2) is 5.82 Å². The van der Waals surface area contributed by atoms with Gasteiger partial charge in [0, 0.05) is 25.7 Å². The standard InChI is InChI=1S/C18H25N5O2/c1-3-25-16-8-7-14(18(24)23-9-5-4-6-10-23)11-15(16)19-12-17-21-20-13-22(17)2/h7-8,11,13,19H,3-6,9-10,12H2,1-2H3. The molecule has 1 aromatic heterocycles. The van der Waals surface area contributed by atoms with Gasteiger partial charge < -0.3 is 19.5 Å². The third-order valence-electron chi connectivity index (χ3n) is 4.41. The average Bonchev–Trinajstić information content (AvgIpc) is 3.06. The molecule has 1 aliphatic heterocycles. The molecule has 1 fully saturated rings. The van der Waals surface area contributed by atoms with E-state index in [1.165, 1.54) is 6.42 Å². The quantitative estimate of drug-likeness (QED) is 0.872.